The summed E-state index contributed by atoms with van der Waals surface area (Å²) in [6.45, 7) is 1.52. The lowest BCUT2D eigenvalue weighted by Crippen LogP contribution is -2.29. The minimum Gasteiger partial charge on any atom is -0.467 e. The van der Waals surface area contributed by atoms with Gasteiger partial charge in [-0.3, -0.25) is 0 Å². The van der Waals surface area contributed by atoms with Gasteiger partial charge in [0.05, 0.1) is 7.11 Å². The van der Waals surface area contributed by atoms with Crippen LogP contribution in [0.1, 0.15) is 17.2 Å². The van der Waals surface area contributed by atoms with Gasteiger partial charge in [-0.2, -0.15) is 0 Å². The van der Waals surface area contributed by atoms with Crippen molar-refractivity contribution in [2.24, 2.45) is 0 Å². The van der Waals surface area contributed by atoms with Crippen molar-refractivity contribution in [3.05, 3.63) is 35.1 Å². The van der Waals surface area contributed by atoms with E-state index in [9.17, 15) is 19.4 Å². The van der Waals surface area contributed by atoms with Gasteiger partial charge in [-0.25, -0.2) is 9.18 Å². The van der Waals surface area contributed by atoms with Crippen LogP contribution in [0.15, 0.2) is 18.2 Å². The van der Waals surface area contributed by atoms with Crippen LogP contribution in [0, 0.1) is 12.7 Å². The number of hydrogen-bond donors (Lipinski definition) is 2. The summed E-state index contributed by atoms with van der Waals surface area (Å²) in [5, 5.41) is 19.0. The van der Waals surface area contributed by atoms with E-state index in [1.165, 1.54) is 25.1 Å². The molecule has 0 radical (unpaired) electrons. The van der Waals surface area contributed by atoms with Crippen LogP contribution in [0.4, 0.5) is 4.39 Å². The highest BCUT2D eigenvalue weighted by Gasteiger charge is 2.28. The molecule has 0 aliphatic heterocycles. The molecule has 88 valence electrons. The quantitative estimate of drug-likeness (QED) is 0.747. The SMILES string of the molecule is COC(=O)C(O)C(O)c1cccc(C)c1F. The summed E-state index contributed by atoms with van der Waals surface area (Å²) in [4.78, 5) is 11.0. The minimum absolute atomic E-state index is 0.127. The molecule has 2 unspecified atom stereocenters. The van der Waals surface area contributed by atoms with E-state index in [1.807, 2.05) is 0 Å². The Bertz CT molecular complexity index is 392. The number of aliphatic hydroxyl groups is 2. The average molecular weight is 228 g/mol. The average Bonchev–Trinajstić information content (AvgIpc) is 2.29. The third kappa shape index (κ3) is 2.37. The lowest BCUT2D eigenvalue weighted by Gasteiger charge is -2.17. The van der Waals surface area contributed by atoms with E-state index in [-0.39, 0.29) is 5.56 Å². The highest BCUT2D eigenvalue weighted by molar-refractivity contribution is 5.75. The van der Waals surface area contributed by atoms with Crippen LogP contribution in [0.2, 0.25) is 0 Å². The Balaban J connectivity index is 3.00. The van der Waals surface area contributed by atoms with Gasteiger partial charge in [0.25, 0.3) is 0 Å². The maximum absolute atomic E-state index is 13.6. The molecular formula is C11H13FO4. The van der Waals surface area contributed by atoms with Crippen molar-refractivity contribution >= 4 is 5.97 Å². The van der Waals surface area contributed by atoms with E-state index in [2.05, 4.69) is 4.74 Å². The summed E-state index contributed by atoms with van der Waals surface area (Å²) < 4.78 is 17.8. The van der Waals surface area contributed by atoms with Gasteiger partial charge in [-0.15, -0.1) is 0 Å². The van der Waals surface area contributed by atoms with Crippen LogP contribution in [-0.2, 0) is 9.53 Å². The second-order valence-electron chi connectivity index (χ2n) is 3.39. The van der Waals surface area contributed by atoms with Gasteiger partial charge in [0.1, 0.15) is 11.9 Å². The van der Waals surface area contributed by atoms with Gasteiger partial charge < -0.3 is 14.9 Å². The number of aliphatic hydroxyl groups excluding tert-OH is 2. The van der Waals surface area contributed by atoms with Crippen LogP contribution >= 0.6 is 0 Å². The molecule has 1 aromatic rings. The number of methoxy groups -OCH3 is 1. The molecule has 2 N–H and O–H groups in total. The van der Waals surface area contributed by atoms with Crippen molar-refractivity contribution in [1.29, 1.82) is 0 Å². The first-order valence-corrected chi connectivity index (χ1v) is 4.68. The summed E-state index contributed by atoms with van der Waals surface area (Å²) in [5.74, 6) is -1.65. The molecule has 1 aromatic carbocycles. The number of ether oxygens (including phenoxy) is 1. The van der Waals surface area contributed by atoms with Crippen molar-refractivity contribution in [2.75, 3.05) is 7.11 Å². The Labute approximate surface area is 92.3 Å². The Hall–Kier alpha value is -1.46. The predicted molar refractivity (Wildman–Crippen MR) is 54.1 cm³/mol. The molecule has 0 fully saturated rings. The number of aryl methyl sites for hydroxylation is 1. The van der Waals surface area contributed by atoms with Crippen LogP contribution < -0.4 is 0 Å². The Morgan fingerprint density at radius 3 is 2.62 bits per heavy atom. The van der Waals surface area contributed by atoms with E-state index in [1.54, 1.807) is 0 Å². The molecular weight excluding hydrogens is 215 g/mol. The molecule has 0 aliphatic rings. The first-order chi connectivity index (χ1) is 7.49. The number of esters is 1. The topological polar surface area (TPSA) is 66.8 Å². The molecule has 1 rings (SSSR count). The highest BCUT2D eigenvalue weighted by atomic mass is 19.1. The molecule has 0 bridgehead atoms. The second-order valence-corrected chi connectivity index (χ2v) is 3.39. The summed E-state index contributed by atoms with van der Waals surface area (Å²) in [7, 11) is 1.07. The number of carbonyl (C=O) groups is 1. The van der Waals surface area contributed by atoms with Crippen molar-refractivity contribution < 1.29 is 24.1 Å². The van der Waals surface area contributed by atoms with Gasteiger partial charge in [0, 0.05) is 5.56 Å². The summed E-state index contributed by atoms with van der Waals surface area (Å²) in [5.41, 5.74) is 0.200. The zero-order chi connectivity index (χ0) is 12.3. The fourth-order valence-corrected chi connectivity index (χ4v) is 1.32. The molecule has 0 saturated carbocycles. The minimum atomic E-state index is -1.79. The number of benzene rings is 1. The first-order valence-electron chi connectivity index (χ1n) is 4.68. The van der Waals surface area contributed by atoms with Crippen molar-refractivity contribution in [3.63, 3.8) is 0 Å². The van der Waals surface area contributed by atoms with Gasteiger partial charge in [0.2, 0.25) is 0 Å². The number of rotatable bonds is 3. The second kappa shape index (κ2) is 5.05. The summed E-state index contributed by atoms with van der Waals surface area (Å²) in [6, 6.07) is 4.36. The monoisotopic (exact) mass is 228 g/mol. The van der Waals surface area contributed by atoms with E-state index in [0.717, 1.165) is 7.11 Å². The predicted octanol–water partition coefficient (Wildman–Crippen LogP) is 0.701. The van der Waals surface area contributed by atoms with Crippen LogP contribution in [0.5, 0.6) is 0 Å². The fraction of sp³-hybridized carbons (Fsp3) is 0.364. The number of carbonyl (C=O) groups excluding carboxylic acids is 1. The summed E-state index contributed by atoms with van der Waals surface area (Å²) in [6.07, 6.45) is -3.42. The molecule has 0 spiro atoms. The standard InChI is InChI=1S/C11H13FO4/c1-6-4-3-5-7(8(6)12)9(13)10(14)11(15)16-2/h3-5,9-10,13-14H,1-2H3. The molecule has 5 heteroatoms. The van der Waals surface area contributed by atoms with Crippen LogP contribution in [-0.4, -0.2) is 29.4 Å². The van der Waals surface area contributed by atoms with Gasteiger partial charge >= 0.3 is 5.97 Å². The van der Waals surface area contributed by atoms with E-state index < -0.39 is 24.0 Å². The largest absolute Gasteiger partial charge is 0.467 e. The highest BCUT2D eigenvalue weighted by Crippen LogP contribution is 2.22. The number of hydrogen-bond acceptors (Lipinski definition) is 4. The maximum Gasteiger partial charge on any atom is 0.337 e. The van der Waals surface area contributed by atoms with Crippen LogP contribution in [0.3, 0.4) is 0 Å². The van der Waals surface area contributed by atoms with Crippen molar-refractivity contribution in [1.82, 2.24) is 0 Å². The molecule has 0 saturated heterocycles. The van der Waals surface area contributed by atoms with Crippen LogP contribution in [0.25, 0.3) is 0 Å². The maximum atomic E-state index is 13.6. The third-order valence-corrected chi connectivity index (χ3v) is 2.28. The van der Waals surface area contributed by atoms with Gasteiger partial charge in [0.15, 0.2) is 6.10 Å². The smallest absolute Gasteiger partial charge is 0.337 e. The summed E-state index contributed by atoms with van der Waals surface area (Å²) >= 11 is 0. The molecule has 2 atom stereocenters. The molecule has 0 aliphatic carbocycles. The van der Waals surface area contributed by atoms with Crippen molar-refractivity contribution in [3.8, 4) is 0 Å². The normalized spacial score (nSPS) is 14.3. The molecule has 0 heterocycles. The third-order valence-electron chi connectivity index (χ3n) is 2.28. The zero-order valence-corrected chi connectivity index (χ0v) is 8.98. The number of halogens is 1. The van der Waals surface area contributed by atoms with Crippen molar-refractivity contribution in [2.45, 2.75) is 19.1 Å². The van der Waals surface area contributed by atoms with E-state index >= 15 is 0 Å². The van der Waals surface area contributed by atoms with Gasteiger partial charge in [-0.05, 0) is 12.5 Å². The molecule has 4 nitrogen and oxygen atoms in total. The van der Waals surface area contributed by atoms with Gasteiger partial charge in [-0.1, -0.05) is 18.2 Å². The first kappa shape index (κ1) is 12.6. The zero-order valence-electron chi connectivity index (χ0n) is 8.98. The Morgan fingerprint density at radius 1 is 1.44 bits per heavy atom. The molecule has 16 heavy (non-hydrogen) atoms. The molecule has 0 aromatic heterocycles. The Morgan fingerprint density at radius 2 is 2.06 bits per heavy atom. The van der Waals surface area contributed by atoms with E-state index in [4.69, 9.17) is 0 Å². The van der Waals surface area contributed by atoms with E-state index in [0.29, 0.717) is 5.56 Å². The molecule has 0 amide bonds. The lowest BCUT2D eigenvalue weighted by atomic mass is 10.0. The fourth-order valence-electron chi connectivity index (χ4n) is 1.32. The lowest BCUT2D eigenvalue weighted by molar-refractivity contribution is -0.156. The Kier molecular flexibility index (Phi) is 3.98.